The molecule has 2 heterocycles. The molecule has 0 radical (unpaired) electrons. The van der Waals surface area contributed by atoms with Crippen molar-refractivity contribution in [3.05, 3.63) is 22.2 Å². The van der Waals surface area contributed by atoms with E-state index in [0.717, 1.165) is 0 Å². The first-order valence-corrected chi connectivity index (χ1v) is 6.42. The summed E-state index contributed by atoms with van der Waals surface area (Å²) in [6.07, 6.45) is 0.912. The number of hydrogen-bond acceptors (Lipinski definition) is 7. The van der Waals surface area contributed by atoms with E-state index in [-0.39, 0.29) is 16.9 Å². The summed E-state index contributed by atoms with van der Waals surface area (Å²) in [5, 5.41) is 19.4. The first kappa shape index (κ1) is 12.9. The van der Waals surface area contributed by atoms with Crippen LogP contribution in [-0.4, -0.2) is 42.5 Å². The number of aliphatic hydroxyl groups excluding tert-OH is 2. The molecule has 0 spiro atoms. The smallest absolute Gasteiger partial charge is 0.279 e. The molecule has 7 nitrogen and oxygen atoms in total. The Morgan fingerprint density at radius 2 is 2.11 bits per heavy atom. The van der Waals surface area contributed by atoms with Gasteiger partial charge in [0.25, 0.3) is 5.56 Å². The molecule has 0 unspecified atom stereocenters. The second kappa shape index (κ2) is 5.01. The van der Waals surface area contributed by atoms with Gasteiger partial charge in [0.05, 0.1) is 18.0 Å². The highest BCUT2D eigenvalue weighted by molar-refractivity contribution is 7.98. The molecule has 0 fully saturated rings. The van der Waals surface area contributed by atoms with Crippen LogP contribution < -0.4 is 5.56 Å². The first-order valence-electron chi connectivity index (χ1n) is 5.20. The van der Waals surface area contributed by atoms with Gasteiger partial charge in [-0.25, -0.2) is 15.0 Å². The lowest BCUT2D eigenvalue weighted by molar-refractivity contribution is 0.0278. The van der Waals surface area contributed by atoms with Gasteiger partial charge in [0.15, 0.2) is 16.3 Å². The molecule has 2 aromatic rings. The molecule has 2 atom stereocenters. The number of fused-ring (bicyclic) bond motifs is 1. The van der Waals surface area contributed by atoms with Crippen molar-refractivity contribution in [2.24, 2.45) is 0 Å². The zero-order valence-electron chi connectivity index (χ0n) is 9.78. The molecule has 0 bridgehead atoms. The molecule has 0 saturated carbocycles. The Balaban J connectivity index is 2.59. The predicted octanol–water partition coefficient (Wildman–Crippen LogP) is -0.151. The molecule has 0 saturated heterocycles. The average Bonchev–Trinajstić information content (AvgIpc) is 2.37. The molecule has 18 heavy (non-hydrogen) atoms. The Hall–Kier alpha value is -1.51. The molecule has 0 aliphatic heterocycles. The highest BCUT2D eigenvalue weighted by Crippen LogP contribution is 2.15. The Kier molecular flexibility index (Phi) is 3.60. The van der Waals surface area contributed by atoms with Gasteiger partial charge in [-0.1, -0.05) is 11.8 Å². The topological polar surface area (TPSA) is 112 Å². The van der Waals surface area contributed by atoms with Crippen molar-refractivity contribution in [3.63, 3.8) is 0 Å². The first-order chi connectivity index (χ1) is 8.52. The van der Waals surface area contributed by atoms with E-state index in [4.69, 9.17) is 0 Å². The number of rotatable bonds is 3. The fraction of sp³-hybridized carbons (Fsp3) is 0.400. The molecule has 2 aromatic heterocycles. The van der Waals surface area contributed by atoms with Gasteiger partial charge in [0.2, 0.25) is 0 Å². The van der Waals surface area contributed by atoms with E-state index in [1.807, 2.05) is 0 Å². The average molecular weight is 268 g/mol. The van der Waals surface area contributed by atoms with Gasteiger partial charge >= 0.3 is 0 Å². The summed E-state index contributed by atoms with van der Waals surface area (Å²) in [7, 11) is 0. The summed E-state index contributed by atoms with van der Waals surface area (Å²) < 4.78 is 0. The molecule has 0 aromatic carbocycles. The monoisotopic (exact) mass is 268 g/mol. The van der Waals surface area contributed by atoms with E-state index in [0.29, 0.717) is 5.16 Å². The van der Waals surface area contributed by atoms with Crippen LogP contribution in [0.15, 0.2) is 16.1 Å². The zero-order chi connectivity index (χ0) is 13.3. The number of H-pyrrole nitrogens is 1. The Bertz CT molecular complexity index is 628. The van der Waals surface area contributed by atoms with Crippen LogP contribution in [0.3, 0.4) is 0 Å². The largest absolute Gasteiger partial charge is 0.390 e. The van der Waals surface area contributed by atoms with Gasteiger partial charge in [-0.15, -0.1) is 0 Å². The molecule has 0 aliphatic rings. The van der Waals surface area contributed by atoms with Crippen LogP contribution in [0.2, 0.25) is 0 Å². The summed E-state index contributed by atoms with van der Waals surface area (Å²) in [5.74, 6) is 0. The maximum absolute atomic E-state index is 11.7. The third kappa shape index (κ3) is 2.35. The summed E-state index contributed by atoms with van der Waals surface area (Å²) in [6, 6.07) is 0. The third-order valence-corrected chi connectivity index (χ3v) is 2.95. The Morgan fingerprint density at radius 3 is 2.72 bits per heavy atom. The minimum Gasteiger partial charge on any atom is -0.390 e. The minimum absolute atomic E-state index is 0.0463. The number of nitrogens with one attached hydrogen (secondary N) is 1. The van der Waals surface area contributed by atoms with E-state index in [2.05, 4.69) is 19.9 Å². The lowest BCUT2D eigenvalue weighted by Gasteiger charge is -2.12. The van der Waals surface area contributed by atoms with E-state index < -0.39 is 17.8 Å². The van der Waals surface area contributed by atoms with Crippen LogP contribution in [-0.2, 0) is 0 Å². The van der Waals surface area contributed by atoms with Gasteiger partial charge in [0, 0.05) is 0 Å². The number of aromatic nitrogens is 4. The van der Waals surface area contributed by atoms with Crippen LogP contribution >= 0.6 is 11.8 Å². The van der Waals surface area contributed by atoms with Gasteiger partial charge < -0.3 is 10.2 Å². The van der Waals surface area contributed by atoms with Crippen LogP contribution in [0, 0.1) is 0 Å². The second-order valence-electron chi connectivity index (χ2n) is 3.73. The lowest BCUT2D eigenvalue weighted by Crippen LogP contribution is -2.18. The number of hydrogen-bond donors (Lipinski definition) is 3. The van der Waals surface area contributed by atoms with Crippen LogP contribution in [0.5, 0.6) is 0 Å². The number of thioether (sulfide) groups is 1. The predicted molar refractivity (Wildman–Crippen MR) is 66.4 cm³/mol. The van der Waals surface area contributed by atoms with Crippen molar-refractivity contribution in [2.45, 2.75) is 24.3 Å². The van der Waals surface area contributed by atoms with Crippen molar-refractivity contribution in [3.8, 4) is 0 Å². The molecule has 96 valence electrons. The number of aliphatic hydroxyl groups is 2. The maximum Gasteiger partial charge on any atom is 0.279 e. The van der Waals surface area contributed by atoms with E-state index in [9.17, 15) is 15.0 Å². The Morgan fingerprint density at radius 1 is 1.39 bits per heavy atom. The molecule has 0 amide bonds. The van der Waals surface area contributed by atoms with Crippen molar-refractivity contribution >= 4 is 22.9 Å². The summed E-state index contributed by atoms with van der Waals surface area (Å²) >= 11 is 1.29. The van der Waals surface area contributed by atoms with Crippen LogP contribution in [0.4, 0.5) is 0 Å². The molecule has 8 heteroatoms. The summed E-state index contributed by atoms with van der Waals surface area (Å²) in [5.41, 5.74) is -0.0205. The van der Waals surface area contributed by atoms with Crippen LogP contribution in [0.25, 0.3) is 11.2 Å². The van der Waals surface area contributed by atoms with Gasteiger partial charge in [0.1, 0.15) is 6.10 Å². The fourth-order valence-electron chi connectivity index (χ4n) is 1.40. The summed E-state index contributed by atoms with van der Waals surface area (Å²) in [4.78, 5) is 26.3. The standard InChI is InChI=1S/C10H12N4O3S/c1-4(15)7(16)5-3-11-8-6(12-5)9(17)14-10(13-8)18-2/h3-4,7,15-16H,1-2H3,(H,11,13,14,17)/t4-,7+/m1/s1. The number of nitrogens with zero attached hydrogens (tertiary/aromatic N) is 3. The van der Waals surface area contributed by atoms with E-state index >= 15 is 0 Å². The molecular weight excluding hydrogens is 256 g/mol. The minimum atomic E-state index is -1.18. The van der Waals surface area contributed by atoms with Crippen molar-refractivity contribution in [1.82, 2.24) is 19.9 Å². The fourth-order valence-corrected chi connectivity index (χ4v) is 1.77. The van der Waals surface area contributed by atoms with Gasteiger partial charge in [-0.05, 0) is 13.2 Å². The van der Waals surface area contributed by atoms with E-state index in [1.54, 1.807) is 6.26 Å². The van der Waals surface area contributed by atoms with Crippen molar-refractivity contribution in [1.29, 1.82) is 0 Å². The lowest BCUT2D eigenvalue weighted by atomic mass is 10.2. The Labute approximate surface area is 106 Å². The zero-order valence-corrected chi connectivity index (χ0v) is 10.6. The quantitative estimate of drug-likeness (QED) is 0.524. The van der Waals surface area contributed by atoms with E-state index in [1.165, 1.54) is 24.9 Å². The third-order valence-electron chi connectivity index (χ3n) is 2.37. The molecule has 2 rings (SSSR count). The van der Waals surface area contributed by atoms with Gasteiger partial charge in [-0.3, -0.25) is 9.78 Å². The van der Waals surface area contributed by atoms with Crippen LogP contribution in [0.1, 0.15) is 18.7 Å². The maximum atomic E-state index is 11.7. The van der Waals surface area contributed by atoms with Crippen molar-refractivity contribution in [2.75, 3.05) is 6.26 Å². The van der Waals surface area contributed by atoms with Gasteiger partial charge in [-0.2, -0.15) is 0 Å². The SMILES string of the molecule is CSc1nc2ncc([C@@H](O)[C@@H](C)O)nc2c(=O)[nH]1. The normalized spacial score (nSPS) is 14.7. The molecule has 0 aliphatic carbocycles. The molecular formula is C10H12N4O3S. The highest BCUT2D eigenvalue weighted by Gasteiger charge is 2.17. The molecule has 3 N–H and O–H groups in total. The second-order valence-corrected chi connectivity index (χ2v) is 4.52. The highest BCUT2D eigenvalue weighted by atomic mass is 32.2. The number of aromatic amines is 1. The summed E-state index contributed by atoms with van der Waals surface area (Å²) in [6.45, 7) is 1.43. The van der Waals surface area contributed by atoms with Crippen molar-refractivity contribution < 1.29 is 10.2 Å².